The first-order chi connectivity index (χ1) is 38.1. The highest BCUT2D eigenvalue weighted by Gasteiger charge is 2.54. The Morgan fingerprint density at radius 2 is 0.938 bits per heavy atom. The average Bonchev–Trinajstić information content (AvgIpc) is 3.17. The van der Waals surface area contributed by atoms with Crippen LogP contribution < -0.4 is 0 Å². The molecule has 0 unspecified atom stereocenters. The molecule has 0 atom stereocenters. The lowest BCUT2D eigenvalue weighted by molar-refractivity contribution is 0.0790. The minimum Gasteiger partial charge on any atom is -0.441 e. The van der Waals surface area contributed by atoms with Crippen molar-refractivity contribution in [2.24, 2.45) is 7.05 Å². The molecule has 0 saturated heterocycles. The Morgan fingerprint density at radius 3 is 1.29 bits per heavy atom. The monoisotopic (exact) mass is 1070 g/mol. The lowest BCUT2D eigenvalue weighted by Gasteiger charge is -2.19. The third-order valence-electron chi connectivity index (χ3n) is 16.4. The van der Waals surface area contributed by atoms with Crippen LogP contribution in [0, 0.1) is 13.8 Å². The van der Waals surface area contributed by atoms with Crippen molar-refractivity contribution in [3.05, 3.63) is 191 Å². The Morgan fingerprint density at radius 1 is 0.525 bits per heavy atom. The van der Waals surface area contributed by atoms with Gasteiger partial charge < -0.3 is 24.3 Å². The van der Waals surface area contributed by atoms with E-state index in [2.05, 4.69) is 124 Å². The van der Waals surface area contributed by atoms with Crippen molar-refractivity contribution in [2.45, 2.75) is 140 Å². The van der Waals surface area contributed by atoms with Crippen LogP contribution in [0.4, 0.5) is 0 Å². The first-order valence-electron chi connectivity index (χ1n) is 27.5. The largest absolute Gasteiger partial charge is 0.441 e. The van der Waals surface area contributed by atoms with Gasteiger partial charge in [-0.3, -0.25) is 17.9 Å². The van der Waals surface area contributed by atoms with Crippen molar-refractivity contribution in [1.82, 2.24) is 68.1 Å². The van der Waals surface area contributed by atoms with Crippen molar-refractivity contribution in [3.8, 4) is 22.6 Å². The third-order valence-corrected chi connectivity index (χ3v) is 16.4. The number of pyridine rings is 3. The predicted molar refractivity (Wildman–Crippen MR) is 303 cm³/mol. The van der Waals surface area contributed by atoms with Gasteiger partial charge in [0.2, 0.25) is 0 Å². The quantitative estimate of drug-likeness (QED) is 0.104. The van der Waals surface area contributed by atoms with Crippen LogP contribution in [-0.2, 0) is 46.6 Å². The van der Waals surface area contributed by atoms with Crippen LogP contribution in [0.1, 0.15) is 150 Å². The second kappa shape index (κ2) is 19.0. The van der Waals surface area contributed by atoms with Crippen LogP contribution in [-0.4, -0.2) is 83.4 Å². The van der Waals surface area contributed by atoms with Gasteiger partial charge in [0.15, 0.2) is 40.2 Å². The van der Waals surface area contributed by atoms with Gasteiger partial charge in [-0.05, 0) is 141 Å². The minimum atomic E-state index is -0.974. The van der Waals surface area contributed by atoms with E-state index in [9.17, 15) is 15.3 Å². The van der Waals surface area contributed by atoms with E-state index in [4.69, 9.17) is 4.42 Å². The summed E-state index contributed by atoms with van der Waals surface area (Å²) in [6, 6.07) is 33.0. The summed E-state index contributed by atoms with van der Waals surface area (Å²) in [4.78, 5) is 8.84. The minimum absolute atomic E-state index is 0.0929. The number of hydrogen-bond donors (Lipinski definition) is 3. The molecule has 3 aliphatic carbocycles. The van der Waals surface area contributed by atoms with Crippen molar-refractivity contribution in [2.75, 3.05) is 0 Å². The molecule has 3 saturated carbocycles. The molecular formula is C62H68N14O4. The van der Waals surface area contributed by atoms with Gasteiger partial charge in [-0.25, -0.2) is 9.97 Å². The molecule has 0 aliphatic heterocycles. The maximum absolute atomic E-state index is 10.5. The van der Waals surface area contributed by atoms with Crippen LogP contribution in [0.3, 0.4) is 0 Å². The Kier molecular flexibility index (Phi) is 12.5. The SMILES string of the molecule is CCn1cnc(C2(c3nnc4c(C(C)(C)O)cccn34)CC2)n1.Cc1nc(C)c(-c2ccc(C3(c4nnc5c(C(C)(C)O)cccn45)CC3)cc2)o1.Cn1cccc1-c1ccc(C2(c3nnc4c(C(C)(C)O)cccn34)CC2)cc1. The number of oxazole rings is 1. The van der Waals surface area contributed by atoms with Crippen molar-refractivity contribution >= 4 is 16.9 Å². The topological polar surface area (TPSA) is 213 Å². The molecule has 3 aliphatic rings. The van der Waals surface area contributed by atoms with Crippen molar-refractivity contribution in [3.63, 3.8) is 0 Å². The second-order valence-electron chi connectivity index (χ2n) is 23.6. The molecule has 14 rings (SSSR count). The van der Waals surface area contributed by atoms with Crippen LogP contribution >= 0.6 is 0 Å². The normalized spacial score (nSPS) is 16.1. The predicted octanol–water partition coefficient (Wildman–Crippen LogP) is 10.00. The van der Waals surface area contributed by atoms with E-state index in [1.165, 1.54) is 22.4 Å². The molecular weight excluding hydrogens is 1000 g/mol. The van der Waals surface area contributed by atoms with Gasteiger partial charge in [-0.15, -0.1) is 30.6 Å². The molecule has 3 fully saturated rings. The van der Waals surface area contributed by atoms with Crippen LogP contribution in [0.25, 0.3) is 39.5 Å². The Balaban J connectivity index is 0.000000120. The first-order valence-corrected chi connectivity index (χ1v) is 27.5. The molecule has 0 spiro atoms. The molecule has 9 aromatic heterocycles. The average molecular weight is 1070 g/mol. The van der Waals surface area contributed by atoms with E-state index in [0.29, 0.717) is 17.2 Å². The summed E-state index contributed by atoms with van der Waals surface area (Å²) in [6.07, 6.45) is 15.9. The van der Waals surface area contributed by atoms with Crippen molar-refractivity contribution in [1.29, 1.82) is 0 Å². The zero-order chi connectivity index (χ0) is 56.1. The molecule has 0 radical (unpaired) electrons. The summed E-state index contributed by atoms with van der Waals surface area (Å²) >= 11 is 0. The molecule has 80 heavy (non-hydrogen) atoms. The Hall–Kier alpha value is -8.19. The van der Waals surface area contributed by atoms with E-state index in [1.807, 2.05) is 93.6 Å². The molecule has 2 aromatic carbocycles. The molecule has 18 nitrogen and oxygen atoms in total. The second-order valence-corrected chi connectivity index (χ2v) is 23.6. The van der Waals surface area contributed by atoms with E-state index in [0.717, 1.165) is 108 Å². The van der Waals surface area contributed by atoms with Crippen LogP contribution in [0.5, 0.6) is 0 Å². The highest BCUT2D eigenvalue weighted by atomic mass is 16.4. The summed E-state index contributed by atoms with van der Waals surface area (Å²) in [5.74, 6) is 5.05. The number of hydrogen-bond acceptors (Lipinski definition) is 13. The van der Waals surface area contributed by atoms with Gasteiger partial charge in [-0.2, -0.15) is 5.10 Å². The number of benzene rings is 2. The van der Waals surface area contributed by atoms with Gasteiger partial charge in [0, 0.05) is 73.3 Å². The lowest BCUT2D eigenvalue weighted by atomic mass is 9.93. The lowest BCUT2D eigenvalue weighted by Crippen LogP contribution is -2.19. The fraction of sp³-hybridized carbons (Fsp3) is 0.371. The highest BCUT2D eigenvalue weighted by Crippen LogP contribution is 2.55. The van der Waals surface area contributed by atoms with Gasteiger partial charge in [0.1, 0.15) is 18.0 Å². The van der Waals surface area contributed by atoms with E-state index < -0.39 is 16.8 Å². The number of aliphatic hydroxyl groups is 3. The maximum atomic E-state index is 10.5. The number of aromatic nitrogens is 14. The smallest absolute Gasteiger partial charge is 0.192 e. The number of aryl methyl sites for hydroxylation is 4. The van der Waals surface area contributed by atoms with Crippen LogP contribution in [0.2, 0.25) is 0 Å². The van der Waals surface area contributed by atoms with Gasteiger partial charge in [0.25, 0.3) is 0 Å². The summed E-state index contributed by atoms with van der Waals surface area (Å²) in [7, 11) is 2.06. The molecule has 0 bridgehead atoms. The molecule has 18 heteroatoms. The number of nitrogens with zero attached hydrogens (tertiary/aromatic N) is 14. The fourth-order valence-electron chi connectivity index (χ4n) is 11.5. The van der Waals surface area contributed by atoms with E-state index in [1.54, 1.807) is 47.9 Å². The first kappa shape index (κ1) is 52.5. The zero-order valence-electron chi connectivity index (χ0n) is 47.1. The molecule has 410 valence electrons. The Bertz CT molecular complexity index is 4070. The molecule has 11 aromatic rings. The van der Waals surface area contributed by atoms with Crippen molar-refractivity contribution < 1.29 is 19.7 Å². The molecule has 3 N–H and O–H groups in total. The summed E-state index contributed by atoms with van der Waals surface area (Å²) < 4.78 is 15.8. The van der Waals surface area contributed by atoms with Gasteiger partial charge in [0.05, 0.1) is 38.7 Å². The molecule has 9 heterocycles. The zero-order valence-corrected chi connectivity index (χ0v) is 47.1. The van der Waals surface area contributed by atoms with E-state index >= 15 is 0 Å². The number of rotatable bonds is 12. The van der Waals surface area contributed by atoms with E-state index in [-0.39, 0.29) is 16.2 Å². The summed E-state index contributed by atoms with van der Waals surface area (Å²) in [5, 5.41) is 62.7. The van der Waals surface area contributed by atoms with Crippen LogP contribution in [0.15, 0.2) is 133 Å². The fourth-order valence-corrected chi connectivity index (χ4v) is 11.5. The summed E-state index contributed by atoms with van der Waals surface area (Å²) in [5.41, 5.74) is 7.93. The Labute approximate surface area is 463 Å². The van der Waals surface area contributed by atoms with Gasteiger partial charge >= 0.3 is 0 Å². The standard InChI is InChI=1S/C23H24N4O2.C23H24N4O.C16H20N6O/c1-14-19(29-15(2)24-14)16-7-9-17(10-8-16)23(11-12-23)21-26-25-20-18(22(3,4)28)6-5-13-27(20)21;1-22(2,28)18-6-4-15-27-20(18)24-25-21(27)23(12-13-23)17-10-8-16(9-11-17)19-7-5-14-26(19)3;1-4-21-10-17-13(20-21)16(7-8-16)14-19-18-12-11(15(2,3)23)6-5-9-22(12)14/h5-10,13,28H,11-12H2,1-4H3;4-11,14-15,28H,12-13H2,1-3H3;5-6,9-10,23H,4,7-8H2,1-3H3. The number of fused-ring (bicyclic) bond motifs is 3. The maximum Gasteiger partial charge on any atom is 0.192 e. The summed E-state index contributed by atoms with van der Waals surface area (Å²) in [6.45, 7) is 17.3. The third kappa shape index (κ3) is 9.08. The van der Waals surface area contributed by atoms with Gasteiger partial charge in [-0.1, -0.05) is 66.7 Å². The molecule has 0 amide bonds. The highest BCUT2D eigenvalue weighted by molar-refractivity contribution is 5.63.